The minimum Gasteiger partial charge on any atom is -0.350 e. The fourth-order valence-corrected chi connectivity index (χ4v) is 3.45. The molecule has 1 amide bonds. The van der Waals surface area contributed by atoms with Gasteiger partial charge in [0, 0.05) is 15.1 Å². The molecule has 0 heterocycles. The minimum atomic E-state index is -3.57. The van der Waals surface area contributed by atoms with Gasteiger partial charge in [0.15, 0.2) is 0 Å². The monoisotopic (exact) mass is 478 g/mol. The van der Waals surface area contributed by atoms with Gasteiger partial charge < -0.3 is 5.32 Å². The first kappa shape index (κ1) is 19.0. The zero-order valence-corrected chi connectivity index (χ0v) is 16.6. The highest BCUT2D eigenvalue weighted by atomic mass is 127. The average Bonchev–Trinajstić information content (AvgIpc) is 2.52. The Hall–Kier alpha value is -1.32. The van der Waals surface area contributed by atoms with Crippen molar-refractivity contribution in [2.75, 3.05) is 17.1 Å². The van der Waals surface area contributed by atoms with Crippen LogP contribution in [0.1, 0.15) is 5.56 Å². The van der Waals surface area contributed by atoms with E-state index in [0.29, 0.717) is 10.7 Å². The van der Waals surface area contributed by atoms with E-state index < -0.39 is 15.9 Å². The molecule has 8 heteroatoms. The number of amides is 1. The summed E-state index contributed by atoms with van der Waals surface area (Å²) < 4.78 is 26.1. The highest BCUT2D eigenvalue weighted by molar-refractivity contribution is 14.1. The predicted molar refractivity (Wildman–Crippen MR) is 105 cm³/mol. The van der Waals surface area contributed by atoms with Crippen LogP contribution in [0.15, 0.2) is 48.5 Å². The molecule has 0 bridgehead atoms. The zero-order chi connectivity index (χ0) is 17.7. The molecule has 0 fully saturated rings. The number of sulfonamides is 1. The molecular weight excluding hydrogens is 463 g/mol. The van der Waals surface area contributed by atoms with Crippen LogP contribution in [-0.4, -0.2) is 27.1 Å². The van der Waals surface area contributed by atoms with E-state index in [-0.39, 0.29) is 13.1 Å². The highest BCUT2D eigenvalue weighted by Crippen LogP contribution is 2.19. The molecule has 1 N–H and O–H groups in total. The van der Waals surface area contributed by atoms with Gasteiger partial charge in [-0.25, -0.2) is 8.42 Å². The second kappa shape index (κ2) is 8.17. The first-order chi connectivity index (χ1) is 11.3. The quantitative estimate of drug-likeness (QED) is 0.649. The lowest BCUT2D eigenvalue weighted by Crippen LogP contribution is -2.40. The maximum absolute atomic E-state index is 12.2. The lowest BCUT2D eigenvalue weighted by molar-refractivity contribution is -0.119. The van der Waals surface area contributed by atoms with Crippen LogP contribution in [-0.2, 0) is 21.4 Å². The van der Waals surface area contributed by atoms with Gasteiger partial charge in [-0.1, -0.05) is 29.8 Å². The largest absolute Gasteiger partial charge is 0.350 e. The number of hydrogen-bond acceptors (Lipinski definition) is 3. The maximum atomic E-state index is 12.2. The molecule has 0 aliphatic rings. The minimum absolute atomic E-state index is 0.239. The number of benzene rings is 2. The van der Waals surface area contributed by atoms with Crippen molar-refractivity contribution in [3.05, 3.63) is 62.7 Å². The van der Waals surface area contributed by atoms with Crippen LogP contribution >= 0.6 is 34.2 Å². The fraction of sp³-hybridized carbons (Fsp3) is 0.188. The average molecular weight is 479 g/mol. The Kier molecular flexibility index (Phi) is 6.47. The van der Waals surface area contributed by atoms with Crippen LogP contribution < -0.4 is 9.62 Å². The molecule has 0 aliphatic carbocycles. The van der Waals surface area contributed by atoms with E-state index >= 15 is 0 Å². The second-order valence-electron chi connectivity index (χ2n) is 5.11. The lowest BCUT2D eigenvalue weighted by Gasteiger charge is -2.22. The molecule has 0 atom stereocenters. The molecule has 24 heavy (non-hydrogen) atoms. The van der Waals surface area contributed by atoms with Crippen molar-refractivity contribution >= 4 is 55.8 Å². The molecule has 2 aromatic rings. The van der Waals surface area contributed by atoms with Crippen molar-refractivity contribution in [1.29, 1.82) is 0 Å². The highest BCUT2D eigenvalue weighted by Gasteiger charge is 2.20. The number of rotatable bonds is 6. The molecule has 0 aromatic heterocycles. The van der Waals surface area contributed by atoms with Crippen LogP contribution in [0.25, 0.3) is 0 Å². The summed E-state index contributed by atoms with van der Waals surface area (Å²) in [5.74, 6) is -0.404. The Balaban J connectivity index is 2.08. The first-order valence-corrected chi connectivity index (χ1v) is 10.3. The Morgan fingerprint density at radius 1 is 1.17 bits per heavy atom. The zero-order valence-electron chi connectivity index (χ0n) is 12.9. The van der Waals surface area contributed by atoms with E-state index in [1.165, 1.54) is 0 Å². The molecule has 0 saturated carbocycles. The van der Waals surface area contributed by atoms with E-state index in [4.69, 9.17) is 11.6 Å². The van der Waals surface area contributed by atoms with E-state index in [2.05, 4.69) is 27.9 Å². The van der Waals surface area contributed by atoms with Gasteiger partial charge in [0.1, 0.15) is 6.54 Å². The normalized spacial score (nSPS) is 11.1. The van der Waals surface area contributed by atoms with Crippen molar-refractivity contribution in [3.63, 3.8) is 0 Å². The van der Waals surface area contributed by atoms with Crippen molar-refractivity contribution < 1.29 is 13.2 Å². The summed E-state index contributed by atoms with van der Waals surface area (Å²) in [5.41, 5.74) is 1.22. The van der Waals surface area contributed by atoms with Gasteiger partial charge in [0.05, 0.1) is 11.9 Å². The summed E-state index contributed by atoms with van der Waals surface area (Å²) in [5, 5.41) is 3.24. The van der Waals surface area contributed by atoms with Crippen LogP contribution in [0.3, 0.4) is 0 Å². The Morgan fingerprint density at radius 2 is 1.79 bits per heavy atom. The smallest absolute Gasteiger partial charge is 0.241 e. The lowest BCUT2D eigenvalue weighted by atomic mass is 10.2. The third-order valence-corrected chi connectivity index (χ3v) is 5.46. The van der Waals surface area contributed by atoms with Crippen molar-refractivity contribution in [3.8, 4) is 0 Å². The molecular formula is C16H16ClIN2O3S. The van der Waals surface area contributed by atoms with Crippen molar-refractivity contribution in [1.82, 2.24) is 5.32 Å². The number of carbonyl (C=O) groups is 1. The van der Waals surface area contributed by atoms with E-state index in [1.54, 1.807) is 42.5 Å². The number of carbonyl (C=O) groups excluding carboxylic acids is 1. The van der Waals surface area contributed by atoms with Crippen molar-refractivity contribution in [2.24, 2.45) is 0 Å². The summed E-state index contributed by atoms with van der Waals surface area (Å²) in [4.78, 5) is 12.2. The number of anilines is 1. The summed E-state index contributed by atoms with van der Waals surface area (Å²) in [7, 11) is -3.57. The van der Waals surface area contributed by atoms with Gasteiger partial charge in [-0.05, 0) is 58.5 Å². The fourth-order valence-electron chi connectivity index (χ4n) is 2.03. The van der Waals surface area contributed by atoms with E-state index in [0.717, 1.165) is 19.7 Å². The third kappa shape index (κ3) is 5.35. The Labute approximate surface area is 160 Å². The molecule has 0 unspecified atom stereocenters. The molecule has 0 radical (unpaired) electrons. The molecule has 2 aromatic carbocycles. The van der Waals surface area contributed by atoms with Gasteiger partial charge in [0.2, 0.25) is 15.9 Å². The first-order valence-electron chi connectivity index (χ1n) is 7.01. The second-order valence-corrected chi connectivity index (χ2v) is 8.67. The number of halogens is 2. The van der Waals surface area contributed by atoms with E-state index in [9.17, 15) is 13.2 Å². The van der Waals surface area contributed by atoms with Crippen LogP contribution in [0.4, 0.5) is 5.69 Å². The molecule has 5 nitrogen and oxygen atoms in total. The Morgan fingerprint density at radius 3 is 2.38 bits per heavy atom. The van der Waals surface area contributed by atoms with Gasteiger partial charge in [-0.3, -0.25) is 9.10 Å². The summed E-state index contributed by atoms with van der Waals surface area (Å²) in [6.45, 7) is -0.0489. The third-order valence-electron chi connectivity index (χ3n) is 3.24. The SMILES string of the molecule is CS(=O)(=O)N(CC(=O)NCc1ccccc1Cl)c1ccc(I)cc1. The number of nitrogens with zero attached hydrogens (tertiary/aromatic N) is 1. The molecule has 0 aliphatic heterocycles. The summed E-state index contributed by atoms with van der Waals surface area (Å²) in [6.07, 6.45) is 1.08. The van der Waals surface area contributed by atoms with Gasteiger partial charge in [-0.15, -0.1) is 0 Å². The molecule has 128 valence electrons. The molecule has 0 spiro atoms. The van der Waals surface area contributed by atoms with Crippen LogP contribution in [0, 0.1) is 3.57 Å². The standard InChI is InChI=1S/C16H16ClIN2O3S/c1-24(22,23)20(14-8-6-13(18)7-9-14)11-16(21)19-10-12-4-2-3-5-15(12)17/h2-9H,10-11H2,1H3,(H,19,21). The number of hydrogen-bond donors (Lipinski definition) is 1. The maximum Gasteiger partial charge on any atom is 0.241 e. The molecule has 0 saturated heterocycles. The van der Waals surface area contributed by atoms with Gasteiger partial charge >= 0.3 is 0 Å². The topological polar surface area (TPSA) is 66.5 Å². The van der Waals surface area contributed by atoms with Gasteiger partial charge in [-0.2, -0.15) is 0 Å². The molecule has 2 rings (SSSR count). The van der Waals surface area contributed by atoms with E-state index in [1.807, 2.05) is 6.07 Å². The summed E-state index contributed by atoms with van der Waals surface area (Å²) >= 11 is 8.17. The van der Waals surface area contributed by atoms with Crippen LogP contribution in [0.2, 0.25) is 5.02 Å². The predicted octanol–water partition coefficient (Wildman–Crippen LogP) is 3.03. The summed E-state index contributed by atoms with van der Waals surface area (Å²) in [6, 6.07) is 14.1. The van der Waals surface area contributed by atoms with Crippen LogP contribution in [0.5, 0.6) is 0 Å². The van der Waals surface area contributed by atoms with Crippen molar-refractivity contribution in [2.45, 2.75) is 6.54 Å². The van der Waals surface area contributed by atoms with Gasteiger partial charge in [0.25, 0.3) is 0 Å². The Bertz CT molecular complexity index is 825. The number of nitrogens with one attached hydrogen (secondary N) is 1.